The zero-order valence-electron chi connectivity index (χ0n) is 14.2. The van der Waals surface area contributed by atoms with Crippen LogP contribution in [0.15, 0.2) is 46.9 Å². The first-order valence-corrected chi connectivity index (χ1v) is 8.48. The molecule has 25 heavy (non-hydrogen) atoms. The van der Waals surface area contributed by atoms with E-state index < -0.39 is 0 Å². The molecule has 0 saturated carbocycles. The van der Waals surface area contributed by atoms with E-state index in [4.69, 9.17) is 9.47 Å². The minimum Gasteiger partial charge on any atom is -0.496 e. The van der Waals surface area contributed by atoms with E-state index >= 15 is 0 Å². The first-order valence-electron chi connectivity index (χ1n) is 7.69. The van der Waals surface area contributed by atoms with Gasteiger partial charge in [-0.25, -0.2) is 4.79 Å². The van der Waals surface area contributed by atoms with Gasteiger partial charge in [-0.1, -0.05) is 18.2 Å². The van der Waals surface area contributed by atoms with Crippen molar-refractivity contribution >= 4 is 45.2 Å². The van der Waals surface area contributed by atoms with Crippen molar-refractivity contribution in [2.75, 3.05) is 13.7 Å². The lowest BCUT2D eigenvalue weighted by Gasteiger charge is -2.09. The maximum absolute atomic E-state index is 12.5. The third kappa shape index (κ3) is 3.39. The summed E-state index contributed by atoms with van der Waals surface area (Å²) in [5, 5.41) is 0.815. The van der Waals surface area contributed by atoms with Crippen LogP contribution in [0.5, 0.6) is 5.75 Å². The van der Waals surface area contributed by atoms with Crippen molar-refractivity contribution in [3.05, 3.63) is 58.2 Å². The van der Waals surface area contributed by atoms with E-state index in [1.807, 2.05) is 49.4 Å². The van der Waals surface area contributed by atoms with Crippen LogP contribution in [0.25, 0.3) is 16.6 Å². The minimum atomic E-state index is -0.320. The fraction of sp³-hybridized carbons (Fsp3) is 0.211. The summed E-state index contributed by atoms with van der Waals surface area (Å²) in [5.41, 5.74) is 3.33. The molecule has 0 saturated heterocycles. The van der Waals surface area contributed by atoms with Crippen LogP contribution < -0.4 is 4.74 Å². The maximum atomic E-state index is 12.5. The molecule has 0 fully saturated rings. The van der Waals surface area contributed by atoms with Gasteiger partial charge in [-0.3, -0.25) is 0 Å². The molecule has 1 heterocycles. The minimum absolute atomic E-state index is 0. The van der Waals surface area contributed by atoms with Gasteiger partial charge < -0.3 is 14.0 Å². The van der Waals surface area contributed by atoms with Crippen LogP contribution in [0.1, 0.15) is 23.0 Å². The second-order valence-corrected chi connectivity index (χ2v) is 6.21. The molecule has 0 aliphatic carbocycles. The van der Waals surface area contributed by atoms with Crippen molar-refractivity contribution in [3.63, 3.8) is 0 Å². The topological polar surface area (TPSA) is 40.5 Å². The molecule has 6 heteroatoms. The summed E-state index contributed by atoms with van der Waals surface area (Å²) < 4.78 is 13.6. The molecule has 2 aromatic carbocycles. The third-order valence-corrected chi connectivity index (χ3v) is 4.59. The van der Waals surface area contributed by atoms with Gasteiger partial charge in [-0.05, 0) is 54.0 Å². The summed E-state index contributed by atoms with van der Waals surface area (Å²) in [6.07, 6.45) is 0. The Hall–Kier alpha value is -1.98. The molecular weight excluding hydrogens is 406 g/mol. The molecule has 1 aromatic heterocycles. The molecule has 0 unspecified atom stereocenters. The number of para-hydroxylation sites is 1. The predicted molar refractivity (Wildman–Crippen MR) is 105 cm³/mol. The molecule has 0 radical (unpaired) electrons. The Morgan fingerprint density at radius 3 is 2.48 bits per heavy atom. The summed E-state index contributed by atoms with van der Waals surface area (Å²) in [6.45, 7) is 4.07. The molecule has 0 amide bonds. The molecule has 132 valence electrons. The van der Waals surface area contributed by atoms with Gasteiger partial charge >= 0.3 is 5.97 Å². The lowest BCUT2D eigenvalue weighted by molar-refractivity contribution is 0.0527. The van der Waals surface area contributed by atoms with Crippen LogP contribution in [0.4, 0.5) is 0 Å². The Labute approximate surface area is 161 Å². The van der Waals surface area contributed by atoms with Gasteiger partial charge in [0.1, 0.15) is 5.75 Å². The zero-order valence-corrected chi connectivity index (χ0v) is 16.6. The maximum Gasteiger partial charge on any atom is 0.340 e. The highest BCUT2D eigenvalue weighted by Gasteiger charge is 2.23. The van der Waals surface area contributed by atoms with Gasteiger partial charge in [0.25, 0.3) is 0 Å². The third-order valence-electron chi connectivity index (χ3n) is 3.97. The van der Waals surface area contributed by atoms with E-state index in [2.05, 4.69) is 20.5 Å². The van der Waals surface area contributed by atoms with Gasteiger partial charge in [0.05, 0.1) is 29.3 Å². The Kier molecular flexibility index (Phi) is 6.14. The standard InChI is InChI=1S/C19H18BrNO3.ClH/c1-4-24-19(22)18-12(2)21(13-8-6-5-7-9-13)16-11-15(20)17(23-3)10-14(16)18;/h5-11H,4H2,1-3H3;1H. The highest BCUT2D eigenvalue weighted by Crippen LogP contribution is 2.36. The molecular formula is C19H19BrClNO3. The van der Waals surface area contributed by atoms with Gasteiger partial charge in [0.2, 0.25) is 0 Å². The summed E-state index contributed by atoms with van der Waals surface area (Å²) in [5.74, 6) is 0.359. The van der Waals surface area contributed by atoms with Crippen LogP contribution in [-0.4, -0.2) is 24.3 Å². The molecule has 0 atom stereocenters. The fourth-order valence-corrected chi connectivity index (χ4v) is 3.44. The number of ether oxygens (including phenoxy) is 2. The van der Waals surface area contributed by atoms with E-state index in [1.54, 1.807) is 14.0 Å². The van der Waals surface area contributed by atoms with Gasteiger partial charge in [0, 0.05) is 16.8 Å². The highest BCUT2D eigenvalue weighted by molar-refractivity contribution is 9.10. The van der Waals surface area contributed by atoms with Crippen LogP contribution in [0.2, 0.25) is 0 Å². The van der Waals surface area contributed by atoms with Crippen molar-refractivity contribution < 1.29 is 14.3 Å². The molecule has 0 bridgehead atoms. The van der Waals surface area contributed by atoms with Crippen LogP contribution in [0, 0.1) is 6.92 Å². The number of carbonyl (C=O) groups is 1. The van der Waals surface area contributed by atoms with Gasteiger partial charge in [0.15, 0.2) is 0 Å². The second-order valence-electron chi connectivity index (χ2n) is 5.36. The summed E-state index contributed by atoms with van der Waals surface area (Å²) in [4.78, 5) is 12.5. The monoisotopic (exact) mass is 423 g/mol. The first kappa shape index (κ1) is 19.3. The summed E-state index contributed by atoms with van der Waals surface area (Å²) in [6, 6.07) is 13.8. The fourth-order valence-electron chi connectivity index (χ4n) is 2.94. The number of hydrogen-bond donors (Lipinski definition) is 0. The number of rotatable bonds is 4. The number of hydrogen-bond acceptors (Lipinski definition) is 3. The van der Waals surface area contributed by atoms with Crippen molar-refractivity contribution in [2.45, 2.75) is 13.8 Å². The average molecular weight is 425 g/mol. The molecule has 3 rings (SSSR count). The van der Waals surface area contributed by atoms with E-state index in [0.717, 1.165) is 26.8 Å². The lowest BCUT2D eigenvalue weighted by atomic mass is 10.1. The average Bonchev–Trinajstić information content (AvgIpc) is 2.86. The lowest BCUT2D eigenvalue weighted by Crippen LogP contribution is -2.07. The number of nitrogens with zero attached hydrogens (tertiary/aromatic N) is 1. The Morgan fingerprint density at radius 2 is 1.88 bits per heavy atom. The summed E-state index contributed by atoms with van der Waals surface area (Å²) in [7, 11) is 1.61. The van der Waals surface area contributed by atoms with Gasteiger partial charge in [-0.15, -0.1) is 12.4 Å². The Bertz CT molecular complexity index is 906. The molecule has 4 nitrogen and oxygen atoms in total. The molecule has 0 aliphatic rings. The number of fused-ring (bicyclic) bond motifs is 1. The number of methoxy groups -OCH3 is 1. The number of carbonyl (C=O) groups excluding carboxylic acids is 1. The zero-order chi connectivity index (χ0) is 17.3. The van der Waals surface area contributed by atoms with Crippen LogP contribution in [-0.2, 0) is 4.74 Å². The number of aromatic nitrogens is 1. The van der Waals surface area contributed by atoms with Crippen LogP contribution >= 0.6 is 28.3 Å². The molecule has 3 aromatic rings. The predicted octanol–water partition coefficient (Wildman–Crippen LogP) is 5.31. The Balaban J connectivity index is 0.00000225. The number of halogens is 2. The number of esters is 1. The largest absolute Gasteiger partial charge is 0.496 e. The van der Waals surface area contributed by atoms with E-state index in [9.17, 15) is 4.79 Å². The highest BCUT2D eigenvalue weighted by atomic mass is 79.9. The van der Waals surface area contributed by atoms with E-state index in [0.29, 0.717) is 17.9 Å². The van der Waals surface area contributed by atoms with Crippen molar-refractivity contribution in [3.8, 4) is 11.4 Å². The Morgan fingerprint density at radius 1 is 1.20 bits per heavy atom. The SMILES string of the molecule is CCOC(=O)c1c(C)n(-c2ccccc2)c2cc(Br)c(OC)cc12.Cl. The smallest absolute Gasteiger partial charge is 0.340 e. The molecule has 0 spiro atoms. The quantitative estimate of drug-likeness (QED) is 0.533. The normalized spacial score (nSPS) is 10.4. The van der Waals surface area contributed by atoms with E-state index in [1.165, 1.54) is 0 Å². The van der Waals surface area contributed by atoms with E-state index in [-0.39, 0.29) is 18.4 Å². The van der Waals surface area contributed by atoms with Gasteiger partial charge in [-0.2, -0.15) is 0 Å². The van der Waals surface area contributed by atoms with Crippen molar-refractivity contribution in [1.82, 2.24) is 4.57 Å². The molecule has 0 N–H and O–H groups in total. The van der Waals surface area contributed by atoms with Crippen LogP contribution in [0.3, 0.4) is 0 Å². The van der Waals surface area contributed by atoms with Crippen molar-refractivity contribution in [2.24, 2.45) is 0 Å². The second kappa shape index (κ2) is 7.93. The van der Waals surface area contributed by atoms with Crippen molar-refractivity contribution in [1.29, 1.82) is 0 Å². The number of benzene rings is 2. The molecule has 0 aliphatic heterocycles. The summed E-state index contributed by atoms with van der Waals surface area (Å²) >= 11 is 3.53. The first-order chi connectivity index (χ1) is 11.6.